The van der Waals surface area contributed by atoms with Crippen LogP contribution in [0.5, 0.6) is 5.75 Å². The largest absolute Gasteiger partial charge is 0.495 e. The molecule has 0 bridgehead atoms. The summed E-state index contributed by atoms with van der Waals surface area (Å²) in [7, 11) is -0.206. The fraction of sp³-hybridized carbons (Fsp3) is 0.304. The molecule has 0 radical (unpaired) electrons. The third kappa shape index (κ3) is 4.66. The van der Waals surface area contributed by atoms with Gasteiger partial charge in [0.25, 0.3) is 0 Å². The number of ether oxygens (including phenoxy) is 2. The molecule has 0 spiro atoms. The van der Waals surface area contributed by atoms with Crippen LogP contribution in [0.3, 0.4) is 0 Å². The molecule has 1 aliphatic rings. The third-order valence-corrected chi connectivity index (χ3v) is 7.96. The minimum absolute atomic E-state index is 0.226. The van der Waals surface area contributed by atoms with Crippen LogP contribution in [0.1, 0.15) is 12.8 Å². The topological polar surface area (TPSA) is 106 Å². The summed E-state index contributed by atoms with van der Waals surface area (Å²) in [5, 5.41) is 9.84. The molecule has 11 heteroatoms. The van der Waals surface area contributed by atoms with E-state index in [1.165, 1.54) is 19.4 Å². The van der Waals surface area contributed by atoms with Gasteiger partial charge < -0.3 is 14.8 Å². The molecule has 0 amide bonds. The van der Waals surface area contributed by atoms with Crippen LogP contribution in [0, 0.1) is 11.6 Å². The lowest BCUT2D eigenvalue weighted by molar-refractivity contribution is 0.0983. The summed E-state index contributed by atoms with van der Waals surface area (Å²) >= 11 is 0. The number of hydrogen-bond donors (Lipinski definition) is 2. The molecule has 2 aromatic heterocycles. The minimum atomic E-state index is -3.48. The van der Waals surface area contributed by atoms with Crippen LogP contribution in [0.15, 0.2) is 47.6 Å². The normalized spacial score (nSPS) is 14.6. The number of H-pyrrole nitrogens is 1. The van der Waals surface area contributed by atoms with E-state index in [4.69, 9.17) is 9.47 Å². The van der Waals surface area contributed by atoms with Gasteiger partial charge in [0.1, 0.15) is 22.0 Å². The van der Waals surface area contributed by atoms with Crippen LogP contribution in [0.4, 0.5) is 14.5 Å². The summed E-state index contributed by atoms with van der Waals surface area (Å²) in [5.41, 5.74) is 1.77. The van der Waals surface area contributed by atoms with E-state index in [9.17, 15) is 17.2 Å². The summed E-state index contributed by atoms with van der Waals surface area (Å²) in [6.45, 7) is 0.951. The van der Waals surface area contributed by atoms with Crippen molar-refractivity contribution in [1.29, 1.82) is 0 Å². The maximum Gasteiger partial charge on any atom is 0.185 e. The summed E-state index contributed by atoms with van der Waals surface area (Å²) < 4.78 is 61.9. The number of hydrogen-bond acceptors (Lipinski definition) is 7. The average molecular weight is 491 g/mol. The van der Waals surface area contributed by atoms with E-state index in [0.29, 0.717) is 42.7 Å². The molecule has 1 saturated heterocycles. The molecule has 34 heavy (non-hydrogen) atoms. The number of pyridine rings is 1. The average Bonchev–Trinajstić information content (AvgIpc) is 3.32. The van der Waals surface area contributed by atoms with Crippen molar-refractivity contribution in [3.05, 3.63) is 54.4 Å². The quantitative estimate of drug-likeness (QED) is 0.444. The molecular weight excluding hydrogens is 466 g/mol. The standard InChI is InChI=1S/C16H20N2O4S.C7H4F2N2/c1-17-13-3-6-18-14-10-15(21-2)16(9-12(13)14)23(19,20)11-4-7-22-8-5-11;8-5-1-4-3-10-11-7(4)6(9)2-5/h3,6,9-11H,4-5,7-8H2,1-2H3,(H,17,18);1-3H,(H,10,11). The number of anilines is 1. The molecular formula is C23H24F2N4O4S. The van der Waals surface area contributed by atoms with Crippen LogP contribution in [0.2, 0.25) is 0 Å². The summed E-state index contributed by atoms with van der Waals surface area (Å²) in [6.07, 6.45) is 4.08. The van der Waals surface area contributed by atoms with Gasteiger partial charge in [-0.1, -0.05) is 0 Å². The third-order valence-electron chi connectivity index (χ3n) is 5.68. The number of rotatable bonds is 4. The monoisotopic (exact) mass is 490 g/mol. The summed E-state index contributed by atoms with van der Waals surface area (Å²) in [6, 6.07) is 7.21. The highest BCUT2D eigenvalue weighted by atomic mass is 32.2. The van der Waals surface area contributed by atoms with Gasteiger partial charge in [-0.25, -0.2) is 17.2 Å². The van der Waals surface area contributed by atoms with Crippen LogP contribution in [-0.2, 0) is 14.6 Å². The molecule has 2 aromatic carbocycles. The van der Waals surface area contributed by atoms with Gasteiger partial charge in [-0.05, 0) is 31.0 Å². The number of methoxy groups -OCH3 is 1. The number of nitrogens with zero attached hydrogens (tertiary/aromatic N) is 2. The second-order valence-electron chi connectivity index (χ2n) is 7.71. The summed E-state index contributed by atoms with van der Waals surface area (Å²) in [4.78, 5) is 4.53. The van der Waals surface area contributed by atoms with Crippen LogP contribution < -0.4 is 10.1 Å². The fourth-order valence-corrected chi connectivity index (χ4v) is 5.78. The van der Waals surface area contributed by atoms with Gasteiger partial charge in [0.2, 0.25) is 0 Å². The Morgan fingerprint density at radius 3 is 2.65 bits per heavy atom. The van der Waals surface area contributed by atoms with Crippen molar-refractivity contribution in [2.24, 2.45) is 0 Å². The van der Waals surface area contributed by atoms with E-state index < -0.39 is 26.7 Å². The highest BCUT2D eigenvalue weighted by molar-refractivity contribution is 7.92. The first-order valence-electron chi connectivity index (χ1n) is 10.6. The molecule has 8 nitrogen and oxygen atoms in total. The second-order valence-corrected chi connectivity index (χ2v) is 9.90. The van der Waals surface area contributed by atoms with Crippen molar-refractivity contribution >= 4 is 37.3 Å². The Balaban J connectivity index is 0.000000207. The minimum Gasteiger partial charge on any atom is -0.495 e. The number of halogens is 2. The first-order chi connectivity index (χ1) is 16.3. The maximum absolute atomic E-state index is 13.0. The van der Waals surface area contributed by atoms with Crippen molar-refractivity contribution in [3.8, 4) is 5.75 Å². The van der Waals surface area contributed by atoms with E-state index in [2.05, 4.69) is 20.5 Å². The molecule has 1 fully saturated rings. The number of sulfone groups is 1. The first-order valence-corrected chi connectivity index (χ1v) is 12.1. The van der Waals surface area contributed by atoms with Gasteiger partial charge in [-0.2, -0.15) is 5.10 Å². The van der Waals surface area contributed by atoms with E-state index in [1.807, 2.05) is 6.07 Å². The van der Waals surface area contributed by atoms with E-state index in [-0.39, 0.29) is 10.4 Å². The highest BCUT2D eigenvalue weighted by Crippen LogP contribution is 2.35. The zero-order valence-corrected chi connectivity index (χ0v) is 19.5. The van der Waals surface area contributed by atoms with Crippen molar-refractivity contribution in [2.75, 3.05) is 32.7 Å². The lowest BCUT2D eigenvalue weighted by atomic mass is 10.2. The van der Waals surface area contributed by atoms with Crippen LogP contribution >= 0.6 is 0 Å². The predicted molar refractivity (Wildman–Crippen MR) is 125 cm³/mol. The first kappa shape index (κ1) is 23.8. The maximum atomic E-state index is 13.0. The Labute approximate surface area is 195 Å². The van der Waals surface area contributed by atoms with E-state index in [1.54, 1.807) is 25.4 Å². The van der Waals surface area contributed by atoms with E-state index >= 15 is 0 Å². The number of aromatic amines is 1. The predicted octanol–water partition coefficient (Wildman–Crippen LogP) is 4.08. The lowest BCUT2D eigenvalue weighted by Gasteiger charge is -2.23. The smallest absolute Gasteiger partial charge is 0.185 e. The van der Waals surface area contributed by atoms with Crippen molar-refractivity contribution in [1.82, 2.24) is 15.2 Å². The fourth-order valence-electron chi connectivity index (χ4n) is 3.90. The Kier molecular flexibility index (Phi) is 6.94. The van der Waals surface area contributed by atoms with Crippen molar-refractivity contribution in [3.63, 3.8) is 0 Å². The molecule has 0 unspecified atom stereocenters. The number of fused-ring (bicyclic) bond motifs is 2. The number of aromatic nitrogens is 3. The molecule has 0 saturated carbocycles. The molecule has 0 aliphatic carbocycles. The van der Waals surface area contributed by atoms with E-state index in [0.717, 1.165) is 17.1 Å². The zero-order chi connectivity index (χ0) is 24.3. The zero-order valence-electron chi connectivity index (χ0n) is 18.6. The Hall–Kier alpha value is -3.31. The Morgan fingerprint density at radius 1 is 1.18 bits per heavy atom. The van der Waals surface area contributed by atoms with Crippen LogP contribution in [0.25, 0.3) is 21.8 Å². The molecule has 3 heterocycles. The number of benzene rings is 2. The van der Waals surface area contributed by atoms with Gasteiger partial charge in [-0.3, -0.25) is 10.1 Å². The summed E-state index contributed by atoms with van der Waals surface area (Å²) in [5.74, 6) is -0.862. The molecule has 0 atom stereocenters. The van der Waals surface area contributed by atoms with Gasteiger partial charge in [0.15, 0.2) is 15.7 Å². The number of nitrogens with one attached hydrogen (secondary N) is 2. The van der Waals surface area contributed by atoms with Gasteiger partial charge >= 0.3 is 0 Å². The molecule has 5 rings (SSSR count). The molecule has 4 aromatic rings. The molecule has 180 valence electrons. The Morgan fingerprint density at radius 2 is 1.94 bits per heavy atom. The van der Waals surface area contributed by atoms with Gasteiger partial charge in [0, 0.05) is 55.1 Å². The molecule has 2 N–H and O–H groups in total. The van der Waals surface area contributed by atoms with Crippen molar-refractivity contribution < 1.29 is 26.7 Å². The van der Waals surface area contributed by atoms with Gasteiger partial charge in [0.05, 0.1) is 24.1 Å². The lowest BCUT2D eigenvalue weighted by Crippen LogP contribution is -2.29. The Bertz CT molecular complexity index is 1420. The molecule has 1 aliphatic heterocycles. The van der Waals surface area contributed by atoms with Gasteiger partial charge in [-0.15, -0.1) is 0 Å². The van der Waals surface area contributed by atoms with Crippen molar-refractivity contribution in [2.45, 2.75) is 23.0 Å². The second kappa shape index (κ2) is 9.90. The SMILES string of the molecule is CNc1ccnc2cc(OC)c(S(=O)(=O)C3CCOCC3)cc12.Fc1cc(F)c2[nH]ncc2c1. The van der Waals surface area contributed by atoms with Crippen LogP contribution in [-0.4, -0.2) is 56.2 Å². The highest BCUT2D eigenvalue weighted by Gasteiger charge is 2.32.